The van der Waals surface area contributed by atoms with Gasteiger partial charge in [0.15, 0.2) is 0 Å². The lowest BCUT2D eigenvalue weighted by Crippen LogP contribution is -2.54. The van der Waals surface area contributed by atoms with Crippen LogP contribution in [0.25, 0.3) is 0 Å². The molecule has 2 aliphatic carbocycles. The van der Waals surface area contributed by atoms with E-state index in [0.717, 1.165) is 38.5 Å². The molecule has 3 rings (SSSR count). The summed E-state index contributed by atoms with van der Waals surface area (Å²) in [5, 5.41) is 15.6. The second-order valence-corrected chi connectivity index (χ2v) is 7.39. The predicted molar refractivity (Wildman–Crippen MR) is 86.8 cm³/mol. The fraction of sp³-hybridized carbons (Fsp3) is 0.611. The number of aliphatic hydroxyl groups is 1. The second kappa shape index (κ2) is 5.92. The summed E-state index contributed by atoms with van der Waals surface area (Å²) in [4.78, 5) is 12.2. The van der Waals surface area contributed by atoms with Crippen molar-refractivity contribution in [2.24, 2.45) is 5.41 Å². The van der Waals surface area contributed by atoms with Gasteiger partial charge in [0.2, 0.25) is 0 Å². The first-order valence-electron chi connectivity index (χ1n) is 8.28. The van der Waals surface area contributed by atoms with Crippen LogP contribution in [0, 0.1) is 5.41 Å². The summed E-state index contributed by atoms with van der Waals surface area (Å²) in [5.41, 5.74) is 2.48. The third kappa shape index (κ3) is 3.12. The largest absolute Gasteiger partial charge is 0.394 e. The van der Waals surface area contributed by atoms with Gasteiger partial charge in [-0.2, -0.15) is 0 Å². The Morgan fingerprint density at radius 3 is 2.32 bits per heavy atom. The number of carbonyl (C=O) groups is 1. The van der Waals surface area contributed by atoms with Crippen LogP contribution >= 0.6 is 0 Å². The molecule has 1 fully saturated rings. The van der Waals surface area contributed by atoms with Gasteiger partial charge in [-0.25, -0.2) is 4.79 Å². The first kappa shape index (κ1) is 15.3. The van der Waals surface area contributed by atoms with Gasteiger partial charge in [0.05, 0.1) is 12.1 Å². The summed E-state index contributed by atoms with van der Waals surface area (Å²) in [6, 6.07) is 8.37. The van der Waals surface area contributed by atoms with Crippen LogP contribution in [0.4, 0.5) is 4.79 Å². The zero-order chi connectivity index (χ0) is 15.6. The number of benzene rings is 1. The normalized spacial score (nSPS) is 21.4. The number of hydrogen-bond acceptors (Lipinski definition) is 2. The monoisotopic (exact) mass is 302 g/mol. The van der Waals surface area contributed by atoms with Gasteiger partial charge in [-0.15, -0.1) is 0 Å². The maximum atomic E-state index is 12.2. The molecule has 1 saturated carbocycles. The second-order valence-electron chi connectivity index (χ2n) is 7.39. The molecule has 0 atom stereocenters. The molecule has 4 heteroatoms. The Bertz CT molecular complexity index is 525. The smallest absolute Gasteiger partial charge is 0.315 e. The highest BCUT2D eigenvalue weighted by molar-refractivity contribution is 5.75. The quantitative estimate of drug-likeness (QED) is 0.800. The lowest BCUT2D eigenvalue weighted by Gasteiger charge is -2.30. The molecular weight excluding hydrogens is 276 g/mol. The molecule has 1 aromatic carbocycles. The van der Waals surface area contributed by atoms with Crippen LogP contribution in [0.1, 0.15) is 43.7 Å². The van der Waals surface area contributed by atoms with E-state index < -0.39 is 5.54 Å². The number of nitrogens with one attached hydrogen (secondary N) is 2. The lowest BCUT2D eigenvalue weighted by molar-refractivity contribution is 0.161. The van der Waals surface area contributed by atoms with Crippen molar-refractivity contribution in [1.82, 2.24) is 10.6 Å². The average molecular weight is 302 g/mol. The van der Waals surface area contributed by atoms with Gasteiger partial charge >= 0.3 is 6.03 Å². The summed E-state index contributed by atoms with van der Waals surface area (Å²) in [6.07, 6.45) is 5.92. The van der Waals surface area contributed by atoms with Crippen LogP contribution in [0.15, 0.2) is 24.3 Å². The summed E-state index contributed by atoms with van der Waals surface area (Å²) in [6.45, 7) is 2.92. The number of urea groups is 1. The van der Waals surface area contributed by atoms with Crippen LogP contribution in [0.5, 0.6) is 0 Å². The summed E-state index contributed by atoms with van der Waals surface area (Å²) in [5.74, 6) is 0. The van der Waals surface area contributed by atoms with Gasteiger partial charge < -0.3 is 15.7 Å². The highest BCUT2D eigenvalue weighted by Crippen LogP contribution is 2.36. The van der Waals surface area contributed by atoms with Gasteiger partial charge in [-0.1, -0.05) is 44.0 Å². The van der Waals surface area contributed by atoms with E-state index in [4.69, 9.17) is 0 Å². The minimum atomic E-state index is -0.399. The number of fused-ring (bicyclic) bond motifs is 1. The fourth-order valence-electron chi connectivity index (χ4n) is 3.96. The fourth-order valence-corrected chi connectivity index (χ4v) is 3.96. The average Bonchev–Trinajstić information content (AvgIpc) is 3.09. The first-order valence-corrected chi connectivity index (χ1v) is 8.28. The van der Waals surface area contributed by atoms with E-state index in [-0.39, 0.29) is 18.1 Å². The first-order chi connectivity index (χ1) is 10.5. The van der Waals surface area contributed by atoms with Gasteiger partial charge in [0, 0.05) is 6.54 Å². The highest BCUT2D eigenvalue weighted by atomic mass is 16.3. The molecule has 0 aromatic heterocycles. The van der Waals surface area contributed by atoms with Crippen molar-refractivity contribution >= 4 is 6.03 Å². The lowest BCUT2D eigenvalue weighted by atomic mass is 9.87. The Kier molecular flexibility index (Phi) is 4.13. The van der Waals surface area contributed by atoms with Gasteiger partial charge in [0.25, 0.3) is 0 Å². The molecule has 0 saturated heterocycles. The van der Waals surface area contributed by atoms with Crippen LogP contribution in [0.2, 0.25) is 0 Å². The SMILES string of the molecule is CC1(CNC(=O)NC2(CO)CCCC2)Cc2ccccc2C1. The molecule has 22 heavy (non-hydrogen) atoms. The van der Waals surface area contributed by atoms with Gasteiger partial charge in [-0.05, 0) is 42.2 Å². The standard InChI is InChI=1S/C18H26N2O2/c1-17(10-14-6-2-3-7-15(14)11-17)12-19-16(22)20-18(13-21)8-4-5-9-18/h2-3,6-7,21H,4-5,8-13H2,1H3,(H2,19,20,22). The van der Waals surface area contributed by atoms with Crippen LogP contribution in [-0.4, -0.2) is 29.8 Å². The Balaban J connectivity index is 1.53. The number of carbonyl (C=O) groups excluding carboxylic acids is 1. The number of aliphatic hydroxyl groups excluding tert-OH is 1. The van der Waals surface area contributed by atoms with Crippen molar-refractivity contribution in [3.05, 3.63) is 35.4 Å². The van der Waals surface area contributed by atoms with E-state index >= 15 is 0 Å². The van der Waals surface area contributed by atoms with E-state index in [9.17, 15) is 9.90 Å². The molecule has 0 spiro atoms. The summed E-state index contributed by atoms with van der Waals surface area (Å²) < 4.78 is 0. The van der Waals surface area contributed by atoms with E-state index in [1.165, 1.54) is 11.1 Å². The van der Waals surface area contributed by atoms with Crippen molar-refractivity contribution in [1.29, 1.82) is 0 Å². The minimum Gasteiger partial charge on any atom is -0.394 e. The molecule has 120 valence electrons. The van der Waals surface area contributed by atoms with Crippen molar-refractivity contribution < 1.29 is 9.90 Å². The van der Waals surface area contributed by atoms with Gasteiger partial charge in [0.1, 0.15) is 0 Å². The molecule has 1 aromatic rings. The van der Waals surface area contributed by atoms with Crippen molar-refractivity contribution in [3.63, 3.8) is 0 Å². The topological polar surface area (TPSA) is 61.4 Å². The van der Waals surface area contributed by atoms with E-state index in [2.05, 4.69) is 41.8 Å². The minimum absolute atomic E-state index is 0.0309. The number of rotatable bonds is 4. The van der Waals surface area contributed by atoms with E-state index in [0.29, 0.717) is 6.54 Å². The Hall–Kier alpha value is -1.55. The predicted octanol–water partition coefficient (Wildman–Crippen LogP) is 2.40. The zero-order valence-electron chi connectivity index (χ0n) is 13.3. The van der Waals surface area contributed by atoms with Gasteiger partial charge in [-0.3, -0.25) is 0 Å². The van der Waals surface area contributed by atoms with Crippen LogP contribution < -0.4 is 10.6 Å². The number of amides is 2. The molecule has 0 radical (unpaired) electrons. The molecule has 3 N–H and O–H groups in total. The third-order valence-electron chi connectivity index (χ3n) is 5.27. The Labute approximate surface area is 132 Å². The van der Waals surface area contributed by atoms with E-state index in [1.54, 1.807) is 0 Å². The zero-order valence-corrected chi connectivity index (χ0v) is 13.3. The van der Waals surface area contributed by atoms with Crippen LogP contribution in [-0.2, 0) is 12.8 Å². The molecule has 4 nitrogen and oxygen atoms in total. The van der Waals surface area contributed by atoms with E-state index in [1.807, 2.05) is 0 Å². The van der Waals surface area contributed by atoms with Crippen molar-refractivity contribution in [2.75, 3.05) is 13.2 Å². The molecule has 0 heterocycles. The van der Waals surface area contributed by atoms with Crippen molar-refractivity contribution in [2.45, 2.75) is 51.0 Å². The molecular formula is C18H26N2O2. The Morgan fingerprint density at radius 1 is 1.18 bits per heavy atom. The maximum Gasteiger partial charge on any atom is 0.315 e. The third-order valence-corrected chi connectivity index (χ3v) is 5.27. The number of hydrogen-bond donors (Lipinski definition) is 3. The molecule has 0 bridgehead atoms. The molecule has 2 amide bonds. The van der Waals surface area contributed by atoms with Crippen molar-refractivity contribution in [3.8, 4) is 0 Å². The van der Waals surface area contributed by atoms with Crippen LogP contribution in [0.3, 0.4) is 0 Å². The summed E-state index contributed by atoms with van der Waals surface area (Å²) in [7, 11) is 0. The molecule has 2 aliphatic rings. The molecule has 0 aliphatic heterocycles. The Morgan fingerprint density at radius 2 is 1.77 bits per heavy atom. The highest BCUT2D eigenvalue weighted by Gasteiger charge is 2.36. The summed E-state index contributed by atoms with van der Waals surface area (Å²) >= 11 is 0. The molecule has 0 unspecified atom stereocenters. The maximum absolute atomic E-state index is 12.2.